The Morgan fingerprint density at radius 3 is 2.43 bits per heavy atom. The van der Waals surface area contributed by atoms with Gasteiger partial charge in [-0.15, -0.1) is 19.0 Å². The molecule has 1 atom stereocenters. The molecule has 0 spiro atoms. The van der Waals surface area contributed by atoms with E-state index in [1.807, 2.05) is 43.3 Å². The highest BCUT2D eigenvalue weighted by Gasteiger charge is 2.11. The molecule has 2 aromatic carbocycles. The molecular formula is C17H19Cl2NS. The summed E-state index contributed by atoms with van der Waals surface area (Å²) in [5.41, 5.74) is 8.54. The average Bonchev–Trinajstić information content (AvgIpc) is 2.41. The summed E-state index contributed by atoms with van der Waals surface area (Å²) in [6.07, 6.45) is 0.804. The molecule has 0 aromatic heterocycles. The highest BCUT2D eigenvalue weighted by atomic mass is 35.5. The molecule has 0 fully saturated rings. The second-order valence-electron chi connectivity index (χ2n) is 4.86. The van der Waals surface area contributed by atoms with Crippen molar-refractivity contribution < 1.29 is 0 Å². The molecule has 0 saturated heterocycles. The monoisotopic (exact) mass is 339 g/mol. The Morgan fingerprint density at radius 2 is 1.81 bits per heavy atom. The summed E-state index contributed by atoms with van der Waals surface area (Å²) in [5.74, 6) is 0. The molecule has 21 heavy (non-hydrogen) atoms. The quantitative estimate of drug-likeness (QED) is 0.688. The Labute approximate surface area is 142 Å². The van der Waals surface area contributed by atoms with E-state index in [1.54, 1.807) is 11.8 Å². The fourth-order valence-electron chi connectivity index (χ4n) is 1.99. The van der Waals surface area contributed by atoms with E-state index < -0.39 is 0 Å². The van der Waals surface area contributed by atoms with Crippen molar-refractivity contribution in [3.63, 3.8) is 0 Å². The first-order valence-electron chi connectivity index (χ1n) is 6.48. The first kappa shape index (κ1) is 18.1. The van der Waals surface area contributed by atoms with Crippen LogP contribution in [0.25, 0.3) is 0 Å². The van der Waals surface area contributed by atoms with Gasteiger partial charge in [0.25, 0.3) is 0 Å². The third kappa shape index (κ3) is 5.40. The molecule has 2 aromatic rings. The Bertz CT molecular complexity index is 596. The second-order valence-corrected chi connectivity index (χ2v) is 6.41. The van der Waals surface area contributed by atoms with E-state index in [4.69, 9.17) is 17.3 Å². The molecule has 0 saturated carbocycles. The smallest absolute Gasteiger partial charge is 0.0406 e. The van der Waals surface area contributed by atoms with Gasteiger partial charge >= 0.3 is 0 Å². The highest BCUT2D eigenvalue weighted by molar-refractivity contribution is 7.99. The molecule has 0 amide bonds. The van der Waals surface area contributed by atoms with Crippen molar-refractivity contribution in [1.29, 1.82) is 0 Å². The molecule has 0 aliphatic rings. The maximum Gasteiger partial charge on any atom is 0.0406 e. The van der Waals surface area contributed by atoms with Crippen molar-refractivity contribution >= 4 is 35.8 Å². The van der Waals surface area contributed by atoms with Crippen LogP contribution in [0.4, 0.5) is 0 Å². The van der Waals surface area contributed by atoms with Crippen molar-refractivity contribution in [2.45, 2.75) is 29.2 Å². The zero-order valence-electron chi connectivity index (χ0n) is 11.9. The van der Waals surface area contributed by atoms with E-state index in [1.165, 1.54) is 4.90 Å². The zero-order valence-corrected chi connectivity index (χ0v) is 14.3. The summed E-state index contributed by atoms with van der Waals surface area (Å²) < 4.78 is 0. The summed E-state index contributed by atoms with van der Waals surface area (Å²) in [5, 5.41) is 0.751. The molecule has 2 N–H and O–H groups in total. The maximum atomic E-state index is 6.28. The van der Waals surface area contributed by atoms with Crippen LogP contribution in [0.15, 0.2) is 70.5 Å². The summed E-state index contributed by atoms with van der Waals surface area (Å²) >= 11 is 7.62. The van der Waals surface area contributed by atoms with Crippen LogP contribution in [0.5, 0.6) is 0 Å². The van der Waals surface area contributed by atoms with Crippen LogP contribution in [-0.4, -0.2) is 0 Å². The van der Waals surface area contributed by atoms with E-state index in [0.717, 1.165) is 27.5 Å². The predicted molar refractivity (Wildman–Crippen MR) is 95.6 cm³/mol. The van der Waals surface area contributed by atoms with Gasteiger partial charge in [0.2, 0.25) is 0 Å². The lowest BCUT2D eigenvalue weighted by atomic mass is 10.0. The van der Waals surface area contributed by atoms with Crippen LogP contribution in [0, 0.1) is 0 Å². The fourth-order valence-corrected chi connectivity index (χ4v) is 3.13. The van der Waals surface area contributed by atoms with Gasteiger partial charge in [0.1, 0.15) is 0 Å². The standard InChI is InChI=1S/C17H18ClNS.ClH/c1-12(2)11-16(19)15-5-3-4-6-17(15)20-14-9-7-13(18)8-10-14;/h3-10,16H,1,11,19H2,2H3;1H/t16-;/m1./s1. The van der Waals surface area contributed by atoms with Gasteiger partial charge in [0.05, 0.1) is 0 Å². The first-order chi connectivity index (χ1) is 9.56. The largest absolute Gasteiger partial charge is 0.324 e. The van der Waals surface area contributed by atoms with Gasteiger partial charge in [-0.05, 0) is 49.2 Å². The van der Waals surface area contributed by atoms with Crippen LogP contribution in [0.2, 0.25) is 5.02 Å². The van der Waals surface area contributed by atoms with E-state index in [9.17, 15) is 0 Å². The average molecular weight is 340 g/mol. The number of rotatable bonds is 5. The van der Waals surface area contributed by atoms with Crippen molar-refractivity contribution in [3.05, 3.63) is 71.3 Å². The molecule has 0 aliphatic carbocycles. The lowest BCUT2D eigenvalue weighted by Gasteiger charge is -2.16. The lowest BCUT2D eigenvalue weighted by Crippen LogP contribution is -2.11. The third-order valence-electron chi connectivity index (χ3n) is 2.93. The van der Waals surface area contributed by atoms with Crippen LogP contribution in [0.3, 0.4) is 0 Å². The van der Waals surface area contributed by atoms with Crippen LogP contribution in [-0.2, 0) is 0 Å². The molecule has 2 rings (SSSR count). The van der Waals surface area contributed by atoms with Crippen molar-refractivity contribution in [3.8, 4) is 0 Å². The topological polar surface area (TPSA) is 26.0 Å². The van der Waals surface area contributed by atoms with E-state index in [0.29, 0.717) is 0 Å². The molecule has 0 aliphatic heterocycles. The number of hydrogen-bond acceptors (Lipinski definition) is 2. The number of hydrogen-bond donors (Lipinski definition) is 1. The number of benzene rings is 2. The van der Waals surface area contributed by atoms with Gasteiger partial charge in [0.15, 0.2) is 0 Å². The van der Waals surface area contributed by atoms with Crippen molar-refractivity contribution in [1.82, 2.24) is 0 Å². The summed E-state index contributed by atoms with van der Waals surface area (Å²) in [4.78, 5) is 2.34. The summed E-state index contributed by atoms with van der Waals surface area (Å²) in [7, 11) is 0. The molecule has 0 unspecified atom stereocenters. The number of halogens is 2. The van der Waals surface area contributed by atoms with E-state index in [2.05, 4.69) is 18.7 Å². The highest BCUT2D eigenvalue weighted by Crippen LogP contribution is 2.34. The third-order valence-corrected chi connectivity index (χ3v) is 4.28. The van der Waals surface area contributed by atoms with Gasteiger partial charge in [-0.2, -0.15) is 0 Å². The molecule has 1 nitrogen and oxygen atoms in total. The summed E-state index contributed by atoms with van der Waals surface area (Å²) in [6, 6.07) is 16.1. The van der Waals surface area contributed by atoms with E-state index >= 15 is 0 Å². The van der Waals surface area contributed by atoms with Crippen LogP contribution in [0.1, 0.15) is 24.9 Å². The van der Waals surface area contributed by atoms with Gasteiger partial charge in [-0.25, -0.2) is 0 Å². The minimum atomic E-state index is -0.0106. The Kier molecular flexibility index (Phi) is 7.33. The molecule has 0 bridgehead atoms. The van der Waals surface area contributed by atoms with Crippen LogP contribution >= 0.6 is 35.8 Å². The minimum absolute atomic E-state index is 0. The fraction of sp³-hybridized carbons (Fsp3) is 0.176. The van der Waals surface area contributed by atoms with Gasteiger partial charge < -0.3 is 5.73 Å². The van der Waals surface area contributed by atoms with Crippen molar-refractivity contribution in [2.24, 2.45) is 5.73 Å². The van der Waals surface area contributed by atoms with Gasteiger partial charge in [-0.3, -0.25) is 0 Å². The van der Waals surface area contributed by atoms with Crippen molar-refractivity contribution in [2.75, 3.05) is 0 Å². The molecule has 4 heteroatoms. The van der Waals surface area contributed by atoms with Gasteiger partial charge in [0, 0.05) is 20.9 Å². The van der Waals surface area contributed by atoms with Gasteiger partial charge in [-0.1, -0.05) is 47.1 Å². The Hall–Kier alpha value is -0.930. The molecule has 0 radical (unpaired) electrons. The summed E-state index contributed by atoms with van der Waals surface area (Å²) in [6.45, 7) is 5.95. The normalized spacial score (nSPS) is 11.6. The first-order valence-corrected chi connectivity index (χ1v) is 7.68. The Balaban J connectivity index is 0.00000220. The minimum Gasteiger partial charge on any atom is -0.324 e. The SMILES string of the molecule is C=C(C)C[C@@H](N)c1ccccc1Sc1ccc(Cl)cc1.Cl. The van der Waals surface area contributed by atoms with E-state index in [-0.39, 0.29) is 18.4 Å². The lowest BCUT2D eigenvalue weighted by molar-refractivity contribution is 0.703. The maximum absolute atomic E-state index is 6.28. The Morgan fingerprint density at radius 1 is 1.19 bits per heavy atom. The molecule has 0 heterocycles. The second kappa shape index (κ2) is 8.50. The zero-order chi connectivity index (χ0) is 14.5. The number of nitrogens with two attached hydrogens (primary N) is 1. The van der Waals surface area contributed by atoms with Crippen LogP contribution < -0.4 is 5.73 Å². The molecular weight excluding hydrogens is 321 g/mol. The predicted octanol–water partition coefficient (Wildman–Crippen LogP) is 5.88. The molecule has 112 valence electrons.